The van der Waals surface area contributed by atoms with E-state index in [9.17, 15) is 9.59 Å². The fourth-order valence-electron chi connectivity index (χ4n) is 3.67. The summed E-state index contributed by atoms with van der Waals surface area (Å²) in [5.41, 5.74) is 2.77. The largest absolute Gasteiger partial charge is 0.343 e. The Balaban J connectivity index is 1.68. The van der Waals surface area contributed by atoms with E-state index in [1.54, 1.807) is 17.2 Å². The lowest BCUT2D eigenvalue weighted by molar-refractivity contribution is -0.129. The van der Waals surface area contributed by atoms with Gasteiger partial charge in [-0.1, -0.05) is 30.3 Å². The summed E-state index contributed by atoms with van der Waals surface area (Å²) in [4.78, 5) is 31.9. The van der Waals surface area contributed by atoms with Gasteiger partial charge < -0.3 is 10.2 Å². The summed E-state index contributed by atoms with van der Waals surface area (Å²) in [6.45, 7) is 5.60. The summed E-state index contributed by atoms with van der Waals surface area (Å²) in [6, 6.07) is 11.6. The number of benzene rings is 1. The first-order valence-corrected chi connectivity index (χ1v) is 10.0. The fourth-order valence-corrected chi connectivity index (χ4v) is 3.67. The van der Waals surface area contributed by atoms with Gasteiger partial charge in [0.25, 0.3) is 5.91 Å². The topological polar surface area (TPSA) is 80.1 Å². The van der Waals surface area contributed by atoms with Gasteiger partial charge in [0, 0.05) is 24.7 Å². The number of aromatic nitrogens is 3. The summed E-state index contributed by atoms with van der Waals surface area (Å²) < 4.78 is 1.81. The van der Waals surface area contributed by atoms with E-state index in [1.165, 1.54) is 0 Å². The van der Waals surface area contributed by atoms with Crippen LogP contribution < -0.4 is 5.32 Å². The van der Waals surface area contributed by atoms with Gasteiger partial charge in [-0.25, -0.2) is 9.67 Å². The number of amides is 2. The van der Waals surface area contributed by atoms with Gasteiger partial charge in [-0.15, -0.1) is 0 Å². The lowest BCUT2D eigenvalue weighted by Crippen LogP contribution is -2.38. The Bertz CT molecular complexity index is 1040. The molecule has 0 radical (unpaired) electrons. The molecule has 150 valence electrons. The third kappa shape index (κ3) is 3.85. The molecule has 0 atom stereocenters. The van der Waals surface area contributed by atoms with E-state index in [1.807, 2.05) is 48.9 Å². The first-order valence-electron chi connectivity index (χ1n) is 10.0. The summed E-state index contributed by atoms with van der Waals surface area (Å²) in [6.07, 6.45) is 3.73. The third-order valence-corrected chi connectivity index (χ3v) is 5.23. The Morgan fingerprint density at radius 3 is 2.55 bits per heavy atom. The van der Waals surface area contributed by atoms with Crippen molar-refractivity contribution in [3.63, 3.8) is 0 Å². The molecular formula is C22H25N5O2. The van der Waals surface area contributed by atoms with Crippen LogP contribution in [0.4, 0.5) is 0 Å². The fraction of sp³-hybridized carbons (Fsp3) is 0.364. The monoisotopic (exact) mass is 391 g/mol. The molecular weight excluding hydrogens is 366 g/mol. The standard InChI is InChI=1S/C22H25N5O2/c1-15(2)27-21-18(13-24-27)17(12-19(25-21)16-8-4-3-5-9-16)22(29)23-14-20(28)26-10-6-7-11-26/h3-5,8-9,12-13,15H,6-7,10-11,14H2,1-2H3,(H,23,29). The second-order valence-electron chi connectivity index (χ2n) is 7.61. The van der Waals surface area contributed by atoms with E-state index in [2.05, 4.69) is 10.4 Å². The molecule has 4 rings (SSSR count). The van der Waals surface area contributed by atoms with Crippen LogP contribution in [0.2, 0.25) is 0 Å². The molecule has 1 aromatic carbocycles. The molecule has 0 unspecified atom stereocenters. The van der Waals surface area contributed by atoms with Gasteiger partial charge in [0.2, 0.25) is 5.91 Å². The summed E-state index contributed by atoms with van der Waals surface area (Å²) in [7, 11) is 0. The number of rotatable bonds is 5. The molecule has 1 aliphatic heterocycles. The van der Waals surface area contributed by atoms with E-state index in [-0.39, 0.29) is 24.4 Å². The highest BCUT2D eigenvalue weighted by atomic mass is 16.2. The summed E-state index contributed by atoms with van der Waals surface area (Å²) in [5, 5.41) is 7.90. The van der Waals surface area contributed by atoms with Crippen LogP contribution in [0.5, 0.6) is 0 Å². The van der Waals surface area contributed by atoms with Gasteiger partial charge >= 0.3 is 0 Å². The molecule has 7 nitrogen and oxygen atoms in total. The second kappa shape index (κ2) is 8.03. The van der Waals surface area contributed by atoms with Crippen LogP contribution in [0.25, 0.3) is 22.3 Å². The molecule has 1 aliphatic rings. The molecule has 1 N–H and O–H groups in total. The van der Waals surface area contributed by atoms with Crippen molar-refractivity contribution in [1.82, 2.24) is 25.0 Å². The molecule has 0 spiro atoms. The lowest BCUT2D eigenvalue weighted by atomic mass is 10.1. The molecule has 1 saturated heterocycles. The van der Waals surface area contributed by atoms with Crippen LogP contribution in [0.15, 0.2) is 42.6 Å². The molecule has 3 heterocycles. The first-order chi connectivity index (χ1) is 14.0. The van der Waals surface area contributed by atoms with Crippen molar-refractivity contribution in [2.24, 2.45) is 0 Å². The van der Waals surface area contributed by atoms with Crippen LogP contribution in [-0.4, -0.2) is 51.1 Å². The number of nitrogens with zero attached hydrogens (tertiary/aromatic N) is 4. The molecule has 2 aromatic heterocycles. The number of fused-ring (bicyclic) bond motifs is 1. The minimum Gasteiger partial charge on any atom is -0.343 e. The van der Waals surface area contributed by atoms with Crippen molar-refractivity contribution in [2.75, 3.05) is 19.6 Å². The van der Waals surface area contributed by atoms with E-state index >= 15 is 0 Å². The predicted molar refractivity (Wildman–Crippen MR) is 111 cm³/mol. The zero-order chi connectivity index (χ0) is 20.4. The average Bonchev–Trinajstić information content (AvgIpc) is 3.41. The Kier molecular flexibility index (Phi) is 5.29. The normalized spacial score (nSPS) is 14.0. The highest BCUT2D eigenvalue weighted by Gasteiger charge is 2.21. The van der Waals surface area contributed by atoms with E-state index in [0.29, 0.717) is 22.3 Å². The summed E-state index contributed by atoms with van der Waals surface area (Å²) >= 11 is 0. The van der Waals surface area contributed by atoms with Gasteiger partial charge in [-0.3, -0.25) is 9.59 Å². The predicted octanol–water partition coefficient (Wildman–Crippen LogP) is 3.03. The molecule has 1 fully saturated rings. The van der Waals surface area contributed by atoms with Gasteiger partial charge in [-0.2, -0.15) is 5.10 Å². The zero-order valence-corrected chi connectivity index (χ0v) is 16.8. The maximum atomic E-state index is 13.0. The maximum Gasteiger partial charge on any atom is 0.252 e. The highest BCUT2D eigenvalue weighted by molar-refractivity contribution is 6.07. The van der Waals surface area contributed by atoms with Crippen molar-refractivity contribution >= 4 is 22.8 Å². The van der Waals surface area contributed by atoms with Crippen molar-refractivity contribution < 1.29 is 9.59 Å². The van der Waals surface area contributed by atoms with Crippen LogP contribution in [0.1, 0.15) is 43.1 Å². The van der Waals surface area contributed by atoms with Crippen molar-refractivity contribution in [3.8, 4) is 11.3 Å². The van der Waals surface area contributed by atoms with E-state index < -0.39 is 0 Å². The van der Waals surface area contributed by atoms with Gasteiger partial charge in [-0.05, 0) is 32.8 Å². The Labute approximate surface area is 169 Å². The highest BCUT2D eigenvalue weighted by Crippen LogP contribution is 2.26. The molecule has 29 heavy (non-hydrogen) atoms. The van der Waals surface area contributed by atoms with Crippen LogP contribution in [0, 0.1) is 0 Å². The minimum atomic E-state index is -0.287. The number of pyridine rings is 1. The van der Waals surface area contributed by atoms with Gasteiger partial charge in [0.05, 0.1) is 29.4 Å². The Morgan fingerprint density at radius 2 is 1.86 bits per heavy atom. The molecule has 7 heteroatoms. The van der Waals surface area contributed by atoms with Crippen molar-refractivity contribution in [3.05, 3.63) is 48.2 Å². The van der Waals surface area contributed by atoms with Gasteiger partial charge in [0.15, 0.2) is 5.65 Å². The van der Waals surface area contributed by atoms with E-state index in [4.69, 9.17) is 4.98 Å². The summed E-state index contributed by atoms with van der Waals surface area (Å²) in [5.74, 6) is -0.326. The SMILES string of the molecule is CC(C)n1ncc2c(C(=O)NCC(=O)N3CCCC3)cc(-c3ccccc3)nc21. The van der Waals surface area contributed by atoms with Crippen LogP contribution >= 0.6 is 0 Å². The smallest absolute Gasteiger partial charge is 0.252 e. The number of nitrogens with one attached hydrogen (secondary N) is 1. The second-order valence-corrected chi connectivity index (χ2v) is 7.61. The minimum absolute atomic E-state index is 0.00162. The Morgan fingerprint density at radius 1 is 1.14 bits per heavy atom. The van der Waals surface area contributed by atoms with Gasteiger partial charge in [0.1, 0.15) is 0 Å². The molecule has 0 bridgehead atoms. The number of likely N-dealkylation sites (tertiary alicyclic amines) is 1. The quantitative estimate of drug-likeness (QED) is 0.725. The Hall–Kier alpha value is -3.22. The van der Waals surface area contributed by atoms with Crippen LogP contribution in [0.3, 0.4) is 0 Å². The third-order valence-electron chi connectivity index (χ3n) is 5.23. The molecule has 0 aliphatic carbocycles. The van der Waals surface area contributed by atoms with Crippen LogP contribution in [-0.2, 0) is 4.79 Å². The molecule has 3 aromatic rings. The first kappa shape index (κ1) is 19.1. The number of hydrogen-bond donors (Lipinski definition) is 1. The van der Waals surface area contributed by atoms with Crippen molar-refractivity contribution in [1.29, 1.82) is 0 Å². The van der Waals surface area contributed by atoms with Crippen molar-refractivity contribution in [2.45, 2.75) is 32.7 Å². The zero-order valence-electron chi connectivity index (χ0n) is 16.8. The molecule has 2 amide bonds. The lowest BCUT2D eigenvalue weighted by Gasteiger charge is -2.16. The number of hydrogen-bond acceptors (Lipinski definition) is 4. The number of carbonyl (C=O) groups excluding carboxylic acids is 2. The molecule has 0 saturated carbocycles. The average molecular weight is 391 g/mol. The maximum absolute atomic E-state index is 13.0. The number of carbonyl (C=O) groups is 2. The van der Waals surface area contributed by atoms with E-state index in [0.717, 1.165) is 31.5 Å².